The molecular formula is C21H19F3O4. The van der Waals surface area contributed by atoms with Gasteiger partial charge < -0.3 is 14.6 Å². The summed E-state index contributed by atoms with van der Waals surface area (Å²) in [6.45, 7) is 1.95. The quantitative estimate of drug-likeness (QED) is 0.793. The van der Waals surface area contributed by atoms with Crippen molar-refractivity contribution in [2.24, 2.45) is 0 Å². The smallest absolute Gasteiger partial charge is 0.416 e. The number of benzene rings is 2. The van der Waals surface area contributed by atoms with Crippen molar-refractivity contribution in [2.75, 3.05) is 6.61 Å². The third-order valence-corrected chi connectivity index (χ3v) is 5.30. The number of aryl methyl sites for hydroxylation is 1. The second-order valence-electron chi connectivity index (χ2n) is 7.33. The molecule has 0 aromatic heterocycles. The van der Waals surface area contributed by atoms with Crippen LogP contribution in [0, 0.1) is 6.92 Å². The molecule has 0 amide bonds. The van der Waals surface area contributed by atoms with Gasteiger partial charge in [0.1, 0.15) is 17.6 Å². The van der Waals surface area contributed by atoms with E-state index in [1.807, 2.05) is 0 Å². The third-order valence-electron chi connectivity index (χ3n) is 5.30. The van der Waals surface area contributed by atoms with Crippen LogP contribution in [0.25, 0.3) is 0 Å². The zero-order valence-corrected chi connectivity index (χ0v) is 15.2. The van der Waals surface area contributed by atoms with Crippen molar-refractivity contribution in [3.05, 3.63) is 58.1 Å². The number of halogens is 3. The van der Waals surface area contributed by atoms with Gasteiger partial charge in [0.25, 0.3) is 0 Å². The molecule has 0 fully saturated rings. The normalized spacial score (nSPS) is 20.4. The minimum atomic E-state index is -4.38. The molecule has 7 heteroatoms. The average Bonchev–Trinajstić information content (AvgIpc) is 3.17. The van der Waals surface area contributed by atoms with Gasteiger partial charge in [-0.25, -0.2) is 0 Å². The van der Waals surface area contributed by atoms with Gasteiger partial charge in [0, 0.05) is 17.5 Å². The van der Waals surface area contributed by atoms with Crippen molar-refractivity contribution in [1.82, 2.24) is 0 Å². The summed E-state index contributed by atoms with van der Waals surface area (Å²) in [5.74, 6) is -0.0178. The lowest BCUT2D eigenvalue weighted by molar-refractivity contribution is -0.138. The van der Waals surface area contributed by atoms with Crippen molar-refractivity contribution < 1.29 is 32.5 Å². The number of carboxylic acid groups (broad SMARTS) is 1. The summed E-state index contributed by atoms with van der Waals surface area (Å²) >= 11 is 0. The standard InChI is InChI=1S/C21H19F3O4/c1-11-6-16-15(17(7-11)21(22,23)24)4-5-18(16)28-13-2-3-14-12(8-20(25)26)10-27-19(14)9-13/h2-3,6-7,9,12,18H,4-5,8,10H2,1H3,(H,25,26)/t12-,18-/m1/s1. The first-order chi connectivity index (χ1) is 13.2. The number of hydrogen-bond donors (Lipinski definition) is 1. The molecule has 0 saturated heterocycles. The van der Waals surface area contributed by atoms with Gasteiger partial charge in [0.05, 0.1) is 18.6 Å². The highest BCUT2D eigenvalue weighted by Gasteiger charge is 2.38. The molecule has 2 aromatic rings. The molecule has 0 saturated carbocycles. The lowest BCUT2D eigenvalue weighted by Gasteiger charge is -2.18. The summed E-state index contributed by atoms with van der Waals surface area (Å²) in [4.78, 5) is 10.9. The van der Waals surface area contributed by atoms with Crippen LogP contribution in [0.1, 0.15) is 52.7 Å². The topological polar surface area (TPSA) is 55.8 Å². The highest BCUT2D eigenvalue weighted by Crippen LogP contribution is 2.44. The molecule has 2 aliphatic rings. The Bertz CT molecular complexity index is 936. The molecule has 1 heterocycles. The summed E-state index contributed by atoms with van der Waals surface area (Å²) in [6.07, 6.45) is -4.06. The van der Waals surface area contributed by atoms with Crippen LogP contribution >= 0.6 is 0 Å². The third kappa shape index (κ3) is 3.41. The van der Waals surface area contributed by atoms with Gasteiger partial charge in [-0.2, -0.15) is 13.2 Å². The maximum atomic E-state index is 13.4. The van der Waals surface area contributed by atoms with Crippen LogP contribution in [-0.2, 0) is 17.4 Å². The molecule has 0 spiro atoms. The fraction of sp³-hybridized carbons (Fsp3) is 0.381. The number of carboxylic acids is 1. The van der Waals surface area contributed by atoms with E-state index in [-0.39, 0.29) is 12.3 Å². The van der Waals surface area contributed by atoms with Gasteiger partial charge in [-0.1, -0.05) is 17.7 Å². The molecule has 1 aliphatic carbocycles. The Labute approximate surface area is 159 Å². The minimum Gasteiger partial charge on any atom is -0.492 e. The van der Waals surface area contributed by atoms with Gasteiger partial charge in [-0.3, -0.25) is 4.79 Å². The van der Waals surface area contributed by atoms with Crippen molar-refractivity contribution in [1.29, 1.82) is 0 Å². The average molecular weight is 392 g/mol. The second-order valence-corrected chi connectivity index (χ2v) is 7.33. The van der Waals surface area contributed by atoms with Gasteiger partial charge in [-0.15, -0.1) is 0 Å². The van der Waals surface area contributed by atoms with Crippen LogP contribution in [0.5, 0.6) is 11.5 Å². The number of alkyl halides is 3. The van der Waals surface area contributed by atoms with Crippen LogP contribution in [-0.4, -0.2) is 17.7 Å². The summed E-state index contributed by atoms with van der Waals surface area (Å²) in [6, 6.07) is 8.14. The summed E-state index contributed by atoms with van der Waals surface area (Å²) in [5, 5.41) is 8.98. The number of aliphatic carboxylic acids is 1. The lowest BCUT2D eigenvalue weighted by atomic mass is 9.98. The molecule has 1 aliphatic heterocycles. The fourth-order valence-electron chi connectivity index (χ4n) is 4.09. The van der Waals surface area contributed by atoms with Crippen molar-refractivity contribution in [2.45, 2.75) is 44.4 Å². The highest BCUT2D eigenvalue weighted by molar-refractivity contribution is 5.68. The number of rotatable bonds is 4. The monoisotopic (exact) mass is 392 g/mol. The first-order valence-corrected chi connectivity index (χ1v) is 9.08. The number of fused-ring (bicyclic) bond motifs is 2. The minimum absolute atomic E-state index is 0.0112. The van der Waals surface area contributed by atoms with E-state index in [1.54, 1.807) is 31.2 Å². The van der Waals surface area contributed by atoms with E-state index >= 15 is 0 Å². The molecule has 0 bridgehead atoms. The van der Waals surface area contributed by atoms with Crippen LogP contribution in [0.2, 0.25) is 0 Å². The van der Waals surface area contributed by atoms with Crippen molar-refractivity contribution in [3.8, 4) is 11.5 Å². The Morgan fingerprint density at radius 1 is 1.25 bits per heavy atom. The molecule has 1 N–H and O–H groups in total. The van der Waals surface area contributed by atoms with E-state index in [0.717, 1.165) is 5.56 Å². The molecule has 4 rings (SSSR count). The van der Waals surface area contributed by atoms with Crippen LogP contribution in [0.4, 0.5) is 13.2 Å². The lowest BCUT2D eigenvalue weighted by Crippen LogP contribution is -2.10. The van der Waals surface area contributed by atoms with Gasteiger partial charge in [0.2, 0.25) is 0 Å². The van der Waals surface area contributed by atoms with E-state index in [1.165, 1.54) is 6.07 Å². The highest BCUT2D eigenvalue weighted by atomic mass is 19.4. The molecule has 28 heavy (non-hydrogen) atoms. The van der Waals surface area contributed by atoms with E-state index in [4.69, 9.17) is 14.6 Å². The number of ether oxygens (including phenoxy) is 2. The molecule has 2 atom stereocenters. The fourth-order valence-corrected chi connectivity index (χ4v) is 4.09. The Hall–Kier alpha value is -2.70. The summed E-state index contributed by atoms with van der Waals surface area (Å²) < 4.78 is 51.6. The molecular weight excluding hydrogens is 373 g/mol. The Morgan fingerprint density at radius 2 is 2.04 bits per heavy atom. The van der Waals surface area contributed by atoms with Gasteiger partial charge in [0.15, 0.2) is 0 Å². The predicted octanol–water partition coefficient (Wildman–Crippen LogP) is 5.03. The van der Waals surface area contributed by atoms with E-state index in [9.17, 15) is 18.0 Å². The summed E-state index contributed by atoms with van der Waals surface area (Å²) in [5.41, 5.74) is 1.68. The van der Waals surface area contributed by atoms with Crippen molar-refractivity contribution >= 4 is 5.97 Å². The van der Waals surface area contributed by atoms with Gasteiger partial charge >= 0.3 is 12.1 Å². The molecule has 2 aromatic carbocycles. The summed E-state index contributed by atoms with van der Waals surface area (Å²) in [7, 11) is 0. The zero-order valence-electron chi connectivity index (χ0n) is 15.2. The van der Waals surface area contributed by atoms with E-state index in [2.05, 4.69) is 0 Å². The Balaban J connectivity index is 1.58. The van der Waals surface area contributed by atoms with E-state index in [0.29, 0.717) is 47.6 Å². The van der Waals surface area contributed by atoms with Crippen LogP contribution < -0.4 is 9.47 Å². The first kappa shape index (κ1) is 18.7. The van der Waals surface area contributed by atoms with Gasteiger partial charge in [-0.05, 0) is 43.0 Å². The maximum absolute atomic E-state index is 13.4. The maximum Gasteiger partial charge on any atom is 0.416 e. The van der Waals surface area contributed by atoms with Crippen LogP contribution in [0.15, 0.2) is 30.3 Å². The van der Waals surface area contributed by atoms with Crippen LogP contribution in [0.3, 0.4) is 0 Å². The largest absolute Gasteiger partial charge is 0.492 e. The number of carbonyl (C=O) groups is 1. The van der Waals surface area contributed by atoms with Crippen molar-refractivity contribution in [3.63, 3.8) is 0 Å². The Kier molecular flexibility index (Phi) is 4.48. The Morgan fingerprint density at radius 3 is 2.75 bits per heavy atom. The molecule has 0 radical (unpaired) electrons. The first-order valence-electron chi connectivity index (χ1n) is 9.08. The molecule has 148 valence electrons. The molecule has 0 unspecified atom stereocenters. The van der Waals surface area contributed by atoms with E-state index < -0.39 is 23.8 Å². The zero-order chi connectivity index (χ0) is 20.1. The number of hydrogen-bond acceptors (Lipinski definition) is 3. The molecule has 4 nitrogen and oxygen atoms in total. The second kappa shape index (κ2) is 6.72. The SMILES string of the molecule is Cc1cc2c(c(C(F)(F)F)c1)CC[C@H]2Oc1ccc2c(c1)OC[C@H]2CC(=O)O. The predicted molar refractivity (Wildman–Crippen MR) is 94.8 cm³/mol.